The molecule has 0 bridgehead atoms. The van der Waals surface area contributed by atoms with Crippen LogP contribution in [0.25, 0.3) is 0 Å². The maximum Gasteiger partial charge on any atom is 0.238 e. The largest absolute Gasteiger partial charge is 0.281 e. The molecule has 1 aliphatic carbocycles. The number of sulfonamides is 2. The van der Waals surface area contributed by atoms with E-state index >= 15 is 0 Å². The number of anilines is 1. The predicted octanol–water partition coefficient (Wildman–Crippen LogP) is 0.625. The molecule has 0 atom stereocenters. The molecule has 1 aliphatic rings. The molecule has 0 saturated heterocycles. The summed E-state index contributed by atoms with van der Waals surface area (Å²) < 4.78 is 61.2. The average molecular weight is 308 g/mol. The van der Waals surface area contributed by atoms with E-state index in [0.29, 0.717) is 0 Å². The standard InChI is InChI=1S/C10H13FN2O4S2/c11-9-4-3-8(19(12,16)17)5-10(9)13-18(14,15)6-7-1-2-7/h3-5,7,13H,1-2,6H2,(H2,12,16,17). The van der Waals surface area contributed by atoms with Crippen molar-refractivity contribution < 1.29 is 21.2 Å². The van der Waals surface area contributed by atoms with Crippen LogP contribution in [0.3, 0.4) is 0 Å². The van der Waals surface area contributed by atoms with Gasteiger partial charge in [-0.3, -0.25) is 4.72 Å². The summed E-state index contributed by atoms with van der Waals surface area (Å²) in [5.74, 6) is -0.847. The third-order valence-corrected chi connectivity index (χ3v) is 5.04. The van der Waals surface area contributed by atoms with Crippen LogP contribution < -0.4 is 9.86 Å². The highest BCUT2D eigenvalue weighted by Gasteiger charge is 2.28. The van der Waals surface area contributed by atoms with Gasteiger partial charge in [-0.05, 0) is 37.0 Å². The summed E-state index contributed by atoms with van der Waals surface area (Å²) in [6, 6.07) is 2.70. The van der Waals surface area contributed by atoms with Gasteiger partial charge in [-0.15, -0.1) is 0 Å². The van der Waals surface area contributed by atoms with Crippen molar-refractivity contribution >= 4 is 25.7 Å². The van der Waals surface area contributed by atoms with Crippen molar-refractivity contribution in [1.29, 1.82) is 0 Å². The van der Waals surface area contributed by atoms with Crippen LogP contribution in [0.1, 0.15) is 12.8 Å². The third-order valence-electron chi connectivity index (χ3n) is 2.68. The van der Waals surface area contributed by atoms with Crippen molar-refractivity contribution in [3.8, 4) is 0 Å². The Hall–Kier alpha value is -1.19. The Morgan fingerprint density at radius 2 is 1.89 bits per heavy atom. The van der Waals surface area contributed by atoms with Gasteiger partial charge in [0.05, 0.1) is 16.3 Å². The van der Waals surface area contributed by atoms with Gasteiger partial charge in [0.15, 0.2) is 0 Å². The maximum atomic E-state index is 13.5. The van der Waals surface area contributed by atoms with Crippen LogP contribution in [0.15, 0.2) is 23.1 Å². The molecule has 1 aromatic carbocycles. The minimum Gasteiger partial charge on any atom is -0.281 e. The average Bonchev–Trinajstić information content (AvgIpc) is 3.02. The zero-order valence-electron chi connectivity index (χ0n) is 9.84. The summed E-state index contributed by atoms with van der Waals surface area (Å²) in [5, 5.41) is 4.90. The van der Waals surface area contributed by atoms with Crippen molar-refractivity contribution in [1.82, 2.24) is 0 Å². The molecule has 0 radical (unpaired) electrons. The molecule has 0 aromatic heterocycles. The Bertz CT molecular complexity index is 696. The molecule has 0 heterocycles. The number of benzene rings is 1. The lowest BCUT2D eigenvalue weighted by Gasteiger charge is -2.09. The first-order valence-corrected chi connectivity index (χ1v) is 8.70. The van der Waals surface area contributed by atoms with E-state index in [0.717, 1.165) is 31.0 Å². The number of hydrogen-bond donors (Lipinski definition) is 2. The Balaban J connectivity index is 2.28. The molecule has 1 aromatic rings. The lowest BCUT2D eigenvalue weighted by molar-refractivity contribution is 0.592. The zero-order valence-corrected chi connectivity index (χ0v) is 11.5. The molecule has 19 heavy (non-hydrogen) atoms. The van der Waals surface area contributed by atoms with E-state index in [4.69, 9.17) is 5.14 Å². The molecule has 9 heteroatoms. The third kappa shape index (κ3) is 3.88. The number of nitrogens with two attached hydrogens (primary N) is 1. The molecule has 6 nitrogen and oxygen atoms in total. The van der Waals surface area contributed by atoms with E-state index in [2.05, 4.69) is 0 Å². The van der Waals surface area contributed by atoms with Crippen LogP contribution in [0.4, 0.5) is 10.1 Å². The molecular weight excluding hydrogens is 295 g/mol. The van der Waals surface area contributed by atoms with Crippen molar-refractivity contribution in [3.63, 3.8) is 0 Å². The van der Waals surface area contributed by atoms with Gasteiger partial charge in [-0.1, -0.05) is 0 Å². The molecule has 1 saturated carbocycles. The van der Waals surface area contributed by atoms with E-state index < -0.39 is 31.6 Å². The van der Waals surface area contributed by atoms with Crippen LogP contribution in [0, 0.1) is 11.7 Å². The minimum atomic E-state index is -4.01. The molecule has 0 aliphatic heterocycles. The van der Waals surface area contributed by atoms with Gasteiger partial charge in [-0.25, -0.2) is 26.4 Å². The Labute approximate surface area is 110 Å². The molecule has 2 rings (SSSR count). The summed E-state index contributed by atoms with van der Waals surface area (Å²) in [6.07, 6.45) is 1.67. The Morgan fingerprint density at radius 1 is 1.26 bits per heavy atom. The summed E-state index contributed by atoms with van der Waals surface area (Å²) in [5.41, 5.74) is -0.410. The molecule has 0 spiro atoms. The summed E-state index contributed by atoms with van der Waals surface area (Å²) in [7, 11) is -7.69. The number of rotatable bonds is 5. The Morgan fingerprint density at radius 3 is 2.42 bits per heavy atom. The van der Waals surface area contributed by atoms with Gasteiger partial charge in [-0.2, -0.15) is 0 Å². The first kappa shape index (κ1) is 14.2. The van der Waals surface area contributed by atoms with E-state index in [1.807, 2.05) is 4.72 Å². The second kappa shape index (κ2) is 4.73. The highest BCUT2D eigenvalue weighted by molar-refractivity contribution is 7.92. The number of hydrogen-bond acceptors (Lipinski definition) is 4. The topological polar surface area (TPSA) is 106 Å². The van der Waals surface area contributed by atoms with E-state index in [1.54, 1.807) is 0 Å². The molecular formula is C10H13FN2O4S2. The summed E-state index contributed by atoms with van der Waals surface area (Å²) in [6.45, 7) is 0. The van der Waals surface area contributed by atoms with Crippen LogP contribution in [-0.4, -0.2) is 22.6 Å². The van der Waals surface area contributed by atoms with Crippen LogP contribution >= 0.6 is 0 Å². The fourth-order valence-electron chi connectivity index (χ4n) is 1.56. The van der Waals surface area contributed by atoms with Gasteiger partial charge in [0.1, 0.15) is 5.82 Å². The highest BCUT2D eigenvalue weighted by atomic mass is 32.2. The van der Waals surface area contributed by atoms with E-state index in [-0.39, 0.29) is 16.6 Å². The summed E-state index contributed by atoms with van der Waals surface area (Å²) >= 11 is 0. The van der Waals surface area contributed by atoms with Crippen molar-refractivity contribution in [2.45, 2.75) is 17.7 Å². The number of nitrogens with one attached hydrogen (secondary N) is 1. The fourth-order valence-corrected chi connectivity index (χ4v) is 3.63. The molecule has 3 N–H and O–H groups in total. The van der Waals surface area contributed by atoms with Gasteiger partial charge < -0.3 is 0 Å². The lowest BCUT2D eigenvalue weighted by Crippen LogP contribution is -2.19. The first-order valence-electron chi connectivity index (χ1n) is 5.50. The predicted molar refractivity (Wildman–Crippen MR) is 67.9 cm³/mol. The van der Waals surface area contributed by atoms with Gasteiger partial charge in [0.25, 0.3) is 0 Å². The molecule has 0 unspecified atom stereocenters. The van der Waals surface area contributed by atoms with Crippen LogP contribution in [0.2, 0.25) is 0 Å². The minimum absolute atomic E-state index is 0.0912. The Kier molecular flexibility index (Phi) is 3.54. The second-order valence-electron chi connectivity index (χ2n) is 4.51. The van der Waals surface area contributed by atoms with Crippen LogP contribution in [0.5, 0.6) is 0 Å². The quantitative estimate of drug-likeness (QED) is 0.831. The van der Waals surface area contributed by atoms with Crippen molar-refractivity contribution in [2.24, 2.45) is 11.1 Å². The van der Waals surface area contributed by atoms with Crippen LogP contribution in [-0.2, 0) is 20.0 Å². The van der Waals surface area contributed by atoms with E-state index in [9.17, 15) is 21.2 Å². The number of halogens is 1. The van der Waals surface area contributed by atoms with Gasteiger partial charge >= 0.3 is 0 Å². The maximum absolute atomic E-state index is 13.5. The lowest BCUT2D eigenvalue weighted by atomic mass is 10.3. The first-order chi connectivity index (χ1) is 8.67. The normalized spacial score (nSPS) is 16.3. The van der Waals surface area contributed by atoms with E-state index in [1.165, 1.54) is 0 Å². The van der Waals surface area contributed by atoms with Gasteiger partial charge in [0.2, 0.25) is 20.0 Å². The number of primary sulfonamides is 1. The van der Waals surface area contributed by atoms with Crippen molar-refractivity contribution in [3.05, 3.63) is 24.0 Å². The monoisotopic (exact) mass is 308 g/mol. The molecule has 1 fully saturated rings. The smallest absolute Gasteiger partial charge is 0.238 e. The van der Waals surface area contributed by atoms with Gasteiger partial charge in [0, 0.05) is 0 Å². The second-order valence-corrected chi connectivity index (χ2v) is 7.84. The summed E-state index contributed by atoms with van der Waals surface area (Å²) in [4.78, 5) is -0.349. The zero-order chi connectivity index (χ0) is 14.3. The fraction of sp³-hybridized carbons (Fsp3) is 0.400. The molecule has 106 valence electrons. The SMILES string of the molecule is NS(=O)(=O)c1ccc(F)c(NS(=O)(=O)CC2CC2)c1. The molecule has 0 amide bonds. The van der Waals surface area contributed by atoms with Crippen molar-refractivity contribution in [2.75, 3.05) is 10.5 Å². The highest BCUT2D eigenvalue weighted by Crippen LogP contribution is 2.31.